The minimum absolute atomic E-state index is 0.210. The third-order valence-corrected chi connectivity index (χ3v) is 6.03. The fourth-order valence-corrected chi connectivity index (χ4v) is 4.82. The van der Waals surface area contributed by atoms with Crippen LogP contribution < -0.4 is 5.73 Å². The Morgan fingerprint density at radius 1 is 1.25 bits per heavy atom. The van der Waals surface area contributed by atoms with Gasteiger partial charge in [-0.3, -0.25) is 4.79 Å². The molecule has 0 aromatic rings. The van der Waals surface area contributed by atoms with E-state index in [0.717, 1.165) is 44.1 Å². The van der Waals surface area contributed by atoms with Crippen LogP contribution in [0, 0.1) is 17.8 Å². The molecule has 2 N–H and O–H groups in total. The fourth-order valence-electron chi connectivity index (χ4n) is 4.82. The van der Waals surface area contributed by atoms with Crippen LogP contribution in [-0.2, 0) is 9.53 Å². The van der Waals surface area contributed by atoms with E-state index in [1.165, 1.54) is 39.5 Å². The van der Waals surface area contributed by atoms with Gasteiger partial charge in [-0.2, -0.15) is 0 Å². The van der Waals surface area contributed by atoms with Gasteiger partial charge in [0, 0.05) is 13.1 Å². The van der Waals surface area contributed by atoms with Crippen molar-refractivity contribution in [2.45, 2.75) is 50.5 Å². The van der Waals surface area contributed by atoms with E-state index in [0.29, 0.717) is 5.92 Å². The van der Waals surface area contributed by atoms with E-state index in [9.17, 15) is 4.79 Å². The molecule has 1 saturated heterocycles. The third kappa shape index (κ3) is 2.48. The number of ether oxygens (including phenoxy) is 1. The van der Waals surface area contributed by atoms with E-state index in [2.05, 4.69) is 4.90 Å². The lowest BCUT2D eigenvalue weighted by molar-refractivity contribution is -0.148. The molecule has 0 bridgehead atoms. The van der Waals surface area contributed by atoms with E-state index < -0.39 is 5.54 Å². The average molecular weight is 280 g/mol. The predicted molar refractivity (Wildman–Crippen MR) is 78.2 cm³/mol. The molecule has 0 amide bonds. The Hall–Kier alpha value is -0.610. The minimum atomic E-state index is -0.718. The number of methoxy groups -OCH3 is 1. The first-order valence-electron chi connectivity index (χ1n) is 8.23. The molecule has 1 aliphatic heterocycles. The number of nitrogens with two attached hydrogens (primary N) is 1. The molecule has 0 spiro atoms. The summed E-state index contributed by atoms with van der Waals surface area (Å²) in [7, 11) is 1.45. The number of hydrogen-bond acceptors (Lipinski definition) is 4. The molecule has 4 nitrogen and oxygen atoms in total. The molecule has 3 aliphatic rings. The van der Waals surface area contributed by atoms with Crippen molar-refractivity contribution in [1.82, 2.24) is 4.90 Å². The molecular weight excluding hydrogens is 252 g/mol. The Morgan fingerprint density at radius 3 is 2.60 bits per heavy atom. The van der Waals surface area contributed by atoms with Gasteiger partial charge < -0.3 is 15.4 Å². The molecule has 0 radical (unpaired) electrons. The van der Waals surface area contributed by atoms with Crippen molar-refractivity contribution in [2.75, 3.05) is 26.7 Å². The van der Waals surface area contributed by atoms with Crippen LogP contribution in [0.25, 0.3) is 0 Å². The van der Waals surface area contributed by atoms with Gasteiger partial charge in [0.1, 0.15) is 5.54 Å². The molecule has 1 heterocycles. The van der Waals surface area contributed by atoms with Crippen molar-refractivity contribution in [1.29, 1.82) is 0 Å². The van der Waals surface area contributed by atoms with Crippen molar-refractivity contribution in [3.05, 3.63) is 0 Å². The van der Waals surface area contributed by atoms with Crippen molar-refractivity contribution in [3.8, 4) is 0 Å². The minimum Gasteiger partial charge on any atom is -0.468 e. The highest BCUT2D eigenvalue weighted by Crippen LogP contribution is 2.40. The largest absolute Gasteiger partial charge is 0.468 e. The summed E-state index contributed by atoms with van der Waals surface area (Å²) in [6.07, 6.45) is 8.25. The first-order valence-corrected chi connectivity index (χ1v) is 8.23. The Bertz CT molecular complexity index is 361. The standard InChI is InChI=1S/C16H28N2O2/c1-20-15(19)16(17)8-3-6-14(16)7-9-18-10-12-4-2-5-13(12)11-18/h12-14H,2-11,17H2,1H3. The lowest BCUT2D eigenvalue weighted by atomic mass is 9.85. The number of likely N-dealkylation sites (tertiary alicyclic amines) is 1. The van der Waals surface area contributed by atoms with Crippen LogP contribution in [0.5, 0.6) is 0 Å². The first kappa shape index (κ1) is 14.3. The van der Waals surface area contributed by atoms with Gasteiger partial charge >= 0.3 is 5.97 Å². The summed E-state index contributed by atoms with van der Waals surface area (Å²) in [6, 6.07) is 0. The van der Waals surface area contributed by atoms with E-state index in [1.54, 1.807) is 0 Å². The van der Waals surface area contributed by atoms with Gasteiger partial charge in [0.05, 0.1) is 7.11 Å². The van der Waals surface area contributed by atoms with Crippen molar-refractivity contribution < 1.29 is 9.53 Å². The summed E-state index contributed by atoms with van der Waals surface area (Å²) in [6.45, 7) is 3.65. The van der Waals surface area contributed by atoms with E-state index in [1.807, 2.05) is 0 Å². The lowest BCUT2D eigenvalue weighted by Crippen LogP contribution is -2.52. The first-order chi connectivity index (χ1) is 9.63. The molecule has 3 fully saturated rings. The highest BCUT2D eigenvalue weighted by atomic mass is 16.5. The van der Waals surface area contributed by atoms with Crippen molar-refractivity contribution >= 4 is 5.97 Å². The fraction of sp³-hybridized carbons (Fsp3) is 0.938. The number of carbonyl (C=O) groups is 1. The highest BCUT2D eigenvalue weighted by Gasteiger charge is 2.46. The quantitative estimate of drug-likeness (QED) is 0.798. The van der Waals surface area contributed by atoms with E-state index >= 15 is 0 Å². The van der Waals surface area contributed by atoms with Crippen molar-refractivity contribution in [3.63, 3.8) is 0 Å². The molecule has 2 aliphatic carbocycles. The number of rotatable bonds is 4. The Kier molecular flexibility index (Phi) is 4.04. The molecule has 4 heteroatoms. The Labute approximate surface area is 122 Å². The second-order valence-electron chi connectivity index (χ2n) is 7.12. The summed E-state index contributed by atoms with van der Waals surface area (Å²) in [5.74, 6) is 1.98. The van der Waals surface area contributed by atoms with Crippen LogP contribution in [0.3, 0.4) is 0 Å². The third-order valence-electron chi connectivity index (χ3n) is 6.03. The molecule has 4 unspecified atom stereocenters. The summed E-state index contributed by atoms with van der Waals surface area (Å²) < 4.78 is 4.92. The molecule has 4 atom stereocenters. The van der Waals surface area contributed by atoms with Gasteiger partial charge in [0.25, 0.3) is 0 Å². The van der Waals surface area contributed by atoms with Crippen LogP contribution in [0.2, 0.25) is 0 Å². The second-order valence-corrected chi connectivity index (χ2v) is 7.12. The topological polar surface area (TPSA) is 55.6 Å². The second kappa shape index (κ2) is 5.64. The number of fused-ring (bicyclic) bond motifs is 1. The maximum absolute atomic E-state index is 11.9. The van der Waals surface area contributed by atoms with Gasteiger partial charge in [0.15, 0.2) is 0 Å². The molecule has 20 heavy (non-hydrogen) atoms. The molecule has 3 rings (SSSR count). The summed E-state index contributed by atoms with van der Waals surface area (Å²) in [5, 5.41) is 0. The normalized spacial score (nSPS) is 41.0. The molecule has 0 aromatic carbocycles. The van der Waals surface area contributed by atoms with Gasteiger partial charge in [0.2, 0.25) is 0 Å². The zero-order valence-electron chi connectivity index (χ0n) is 12.6. The monoisotopic (exact) mass is 280 g/mol. The number of esters is 1. The molecule has 114 valence electrons. The smallest absolute Gasteiger partial charge is 0.326 e. The van der Waals surface area contributed by atoms with Crippen LogP contribution in [0.4, 0.5) is 0 Å². The van der Waals surface area contributed by atoms with E-state index in [-0.39, 0.29) is 5.97 Å². The van der Waals surface area contributed by atoms with Gasteiger partial charge in [-0.25, -0.2) is 0 Å². The zero-order chi connectivity index (χ0) is 14.2. The SMILES string of the molecule is COC(=O)C1(N)CCCC1CCN1CC2CCCC2C1. The number of nitrogens with zero attached hydrogens (tertiary/aromatic N) is 1. The lowest BCUT2D eigenvalue weighted by Gasteiger charge is -2.30. The van der Waals surface area contributed by atoms with Crippen LogP contribution >= 0.6 is 0 Å². The zero-order valence-corrected chi connectivity index (χ0v) is 12.6. The van der Waals surface area contributed by atoms with Crippen molar-refractivity contribution in [2.24, 2.45) is 23.5 Å². The highest BCUT2D eigenvalue weighted by molar-refractivity contribution is 5.81. The molecular formula is C16H28N2O2. The maximum atomic E-state index is 11.9. The van der Waals surface area contributed by atoms with Gasteiger partial charge in [-0.05, 0) is 56.4 Å². The maximum Gasteiger partial charge on any atom is 0.326 e. The van der Waals surface area contributed by atoms with E-state index in [4.69, 9.17) is 10.5 Å². The molecule has 2 saturated carbocycles. The average Bonchev–Trinajstić information content (AvgIpc) is 3.10. The summed E-state index contributed by atoms with van der Waals surface area (Å²) in [4.78, 5) is 14.5. The van der Waals surface area contributed by atoms with Gasteiger partial charge in [-0.15, -0.1) is 0 Å². The Balaban J connectivity index is 1.52. The predicted octanol–water partition coefficient (Wildman–Crippen LogP) is 1.78. The summed E-state index contributed by atoms with van der Waals surface area (Å²) in [5.41, 5.74) is 5.62. The number of hydrogen-bond donors (Lipinski definition) is 1. The molecule has 0 aromatic heterocycles. The van der Waals surface area contributed by atoms with Gasteiger partial charge in [-0.1, -0.05) is 12.8 Å². The van der Waals surface area contributed by atoms with Crippen LogP contribution in [-0.4, -0.2) is 43.2 Å². The Morgan fingerprint density at radius 2 is 1.95 bits per heavy atom. The van der Waals surface area contributed by atoms with Crippen LogP contribution in [0.15, 0.2) is 0 Å². The van der Waals surface area contributed by atoms with Crippen LogP contribution in [0.1, 0.15) is 44.9 Å². The number of carbonyl (C=O) groups excluding carboxylic acids is 1. The summed E-state index contributed by atoms with van der Waals surface area (Å²) >= 11 is 0.